The van der Waals surface area contributed by atoms with Crippen molar-refractivity contribution >= 4 is 29.3 Å². The lowest BCUT2D eigenvalue weighted by atomic mass is 10.0. The maximum absolute atomic E-state index is 12.0. The summed E-state index contributed by atoms with van der Waals surface area (Å²) < 4.78 is 4.96. The molecular formula is C19H18ClNO4. The first-order chi connectivity index (χ1) is 12.0. The van der Waals surface area contributed by atoms with Gasteiger partial charge in [-0.3, -0.25) is 9.59 Å². The first kappa shape index (κ1) is 18.7. The number of benzene rings is 2. The maximum atomic E-state index is 12.0. The molecule has 0 aliphatic heterocycles. The van der Waals surface area contributed by atoms with Gasteiger partial charge in [0.1, 0.15) is 0 Å². The van der Waals surface area contributed by atoms with Gasteiger partial charge >= 0.3 is 5.97 Å². The van der Waals surface area contributed by atoms with E-state index in [1.165, 1.54) is 19.1 Å². The number of esters is 1. The average Bonchev–Trinajstić information content (AvgIpc) is 2.60. The number of Topliss-reactive ketones (excluding diaryl/α,β-unsaturated/α-hetero) is 1. The zero-order valence-corrected chi connectivity index (χ0v) is 14.5. The van der Waals surface area contributed by atoms with Gasteiger partial charge in [0.25, 0.3) is 5.91 Å². The van der Waals surface area contributed by atoms with Crippen molar-refractivity contribution in [2.75, 3.05) is 6.61 Å². The number of ketones is 1. The van der Waals surface area contributed by atoms with Gasteiger partial charge in [-0.15, -0.1) is 0 Å². The number of carbonyl (C=O) groups excluding carboxylic acids is 3. The van der Waals surface area contributed by atoms with Crippen LogP contribution in [0.1, 0.15) is 22.8 Å². The normalized spacial score (nSPS) is 11.4. The zero-order valence-electron chi connectivity index (χ0n) is 13.7. The van der Waals surface area contributed by atoms with Crippen LogP contribution in [0.3, 0.4) is 0 Å². The molecule has 0 radical (unpaired) electrons. The fourth-order valence-electron chi connectivity index (χ4n) is 2.18. The molecule has 6 heteroatoms. The molecule has 0 saturated heterocycles. The molecule has 1 N–H and O–H groups in total. The molecule has 0 saturated carbocycles. The summed E-state index contributed by atoms with van der Waals surface area (Å²) in [4.78, 5) is 35.6. The van der Waals surface area contributed by atoms with Crippen molar-refractivity contribution < 1.29 is 19.1 Å². The highest BCUT2D eigenvalue weighted by molar-refractivity contribution is 6.30. The number of ether oxygens (including phenoxy) is 1. The number of nitrogens with one attached hydrogen (secondary N) is 1. The van der Waals surface area contributed by atoms with Crippen molar-refractivity contribution in [3.8, 4) is 0 Å². The Labute approximate surface area is 150 Å². The summed E-state index contributed by atoms with van der Waals surface area (Å²) in [7, 11) is 0. The van der Waals surface area contributed by atoms with E-state index in [9.17, 15) is 14.4 Å². The lowest BCUT2D eigenvalue weighted by Crippen LogP contribution is -2.43. The Hall–Kier alpha value is -2.66. The Bertz CT molecular complexity index is 744. The van der Waals surface area contributed by atoms with E-state index in [1.807, 2.05) is 30.3 Å². The fraction of sp³-hybridized carbons (Fsp3) is 0.211. The molecule has 0 unspecified atom stereocenters. The molecular weight excluding hydrogens is 342 g/mol. The molecule has 0 spiro atoms. The van der Waals surface area contributed by atoms with E-state index in [0.717, 1.165) is 5.56 Å². The summed E-state index contributed by atoms with van der Waals surface area (Å²) >= 11 is 5.75. The van der Waals surface area contributed by atoms with Crippen LogP contribution in [0, 0.1) is 0 Å². The predicted molar refractivity (Wildman–Crippen MR) is 94.5 cm³/mol. The second kappa shape index (κ2) is 8.99. The summed E-state index contributed by atoms with van der Waals surface area (Å²) in [5, 5.41) is 3.09. The molecule has 0 aliphatic rings. The fourth-order valence-corrected chi connectivity index (χ4v) is 2.31. The summed E-state index contributed by atoms with van der Waals surface area (Å²) in [5.41, 5.74) is 1.23. The average molecular weight is 360 g/mol. The number of hydrogen-bond acceptors (Lipinski definition) is 4. The van der Waals surface area contributed by atoms with Crippen molar-refractivity contribution in [3.05, 3.63) is 70.7 Å². The highest BCUT2D eigenvalue weighted by Gasteiger charge is 2.18. The van der Waals surface area contributed by atoms with E-state index in [1.54, 1.807) is 12.1 Å². The van der Waals surface area contributed by atoms with Crippen LogP contribution in [0.4, 0.5) is 0 Å². The van der Waals surface area contributed by atoms with Gasteiger partial charge in [0.15, 0.2) is 12.4 Å². The third-order valence-electron chi connectivity index (χ3n) is 3.52. The number of rotatable bonds is 7. The van der Waals surface area contributed by atoms with Crippen LogP contribution < -0.4 is 5.32 Å². The Balaban J connectivity index is 1.87. The molecule has 2 aromatic rings. The molecule has 1 atom stereocenters. The van der Waals surface area contributed by atoms with E-state index in [2.05, 4.69) is 5.32 Å². The molecule has 2 aromatic carbocycles. The standard InChI is InChI=1S/C19H18ClNO4/c1-13(22)17(11-14-5-3-2-4-6-14)21-18(23)12-25-19(24)15-7-9-16(20)10-8-15/h2-10,17H,11-12H2,1H3,(H,21,23)/t17-/m0/s1. The molecule has 0 bridgehead atoms. The van der Waals surface area contributed by atoms with E-state index >= 15 is 0 Å². The van der Waals surface area contributed by atoms with Gasteiger partial charge < -0.3 is 10.1 Å². The third kappa shape index (κ3) is 6.04. The number of carbonyl (C=O) groups is 3. The zero-order chi connectivity index (χ0) is 18.2. The van der Waals surface area contributed by atoms with Crippen LogP contribution in [-0.2, 0) is 20.7 Å². The highest BCUT2D eigenvalue weighted by atomic mass is 35.5. The van der Waals surface area contributed by atoms with Gasteiger partial charge in [0.2, 0.25) is 0 Å². The van der Waals surface area contributed by atoms with E-state index in [-0.39, 0.29) is 5.78 Å². The quantitative estimate of drug-likeness (QED) is 0.771. The van der Waals surface area contributed by atoms with Gasteiger partial charge in [-0.25, -0.2) is 4.79 Å². The first-order valence-corrected chi connectivity index (χ1v) is 8.10. The first-order valence-electron chi connectivity index (χ1n) is 7.72. The summed E-state index contributed by atoms with van der Waals surface area (Å²) in [6, 6.07) is 14.8. The van der Waals surface area contributed by atoms with Gasteiger partial charge in [0, 0.05) is 5.02 Å². The van der Waals surface area contributed by atoms with Gasteiger partial charge in [-0.2, -0.15) is 0 Å². The van der Waals surface area contributed by atoms with Crippen molar-refractivity contribution in [3.63, 3.8) is 0 Å². The van der Waals surface area contributed by atoms with Crippen molar-refractivity contribution in [1.29, 1.82) is 0 Å². The summed E-state index contributed by atoms with van der Waals surface area (Å²) in [6.07, 6.45) is 0.382. The molecule has 25 heavy (non-hydrogen) atoms. The maximum Gasteiger partial charge on any atom is 0.338 e. The van der Waals surface area contributed by atoms with Crippen LogP contribution in [0.2, 0.25) is 5.02 Å². The SMILES string of the molecule is CC(=O)[C@H](Cc1ccccc1)NC(=O)COC(=O)c1ccc(Cl)cc1. The Morgan fingerprint density at radius 2 is 1.68 bits per heavy atom. The van der Waals surface area contributed by atoms with Crippen LogP contribution in [0.25, 0.3) is 0 Å². The highest BCUT2D eigenvalue weighted by Crippen LogP contribution is 2.10. The molecule has 0 fully saturated rings. The summed E-state index contributed by atoms with van der Waals surface area (Å²) in [5.74, 6) is -1.33. The second-order valence-electron chi connectivity index (χ2n) is 5.50. The Morgan fingerprint density at radius 3 is 2.28 bits per heavy atom. The van der Waals surface area contributed by atoms with E-state index in [0.29, 0.717) is 17.0 Å². The topological polar surface area (TPSA) is 72.5 Å². The lowest BCUT2D eigenvalue weighted by Gasteiger charge is -2.16. The number of amides is 1. The molecule has 1 amide bonds. The minimum absolute atomic E-state index is 0.166. The summed E-state index contributed by atoms with van der Waals surface area (Å²) in [6.45, 7) is 0.952. The lowest BCUT2D eigenvalue weighted by molar-refractivity contribution is -0.128. The number of hydrogen-bond donors (Lipinski definition) is 1. The molecule has 0 aromatic heterocycles. The van der Waals surface area contributed by atoms with Crippen molar-refractivity contribution in [2.24, 2.45) is 0 Å². The largest absolute Gasteiger partial charge is 0.452 e. The van der Waals surface area contributed by atoms with Crippen LogP contribution in [0.15, 0.2) is 54.6 Å². The van der Waals surface area contributed by atoms with E-state index in [4.69, 9.17) is 16.3 Å². The smallest absolute Gasteiger partial charge is 0.338 e. The predicted octanol–water partition coefficient (Wildman–Crippen LogP) is 2.81. The molecule has 5 nitrogen and oxygen atoms in total. The monoisotopic (exact) mass is 359 g/mol. The Kier molecular flexibility index (Phi) is 6.71. The van der Waals surface area contributed by atoms with Crippen LogP contribution >= 0.6 is 11.6 Å². The van der Waals surface area contributed by atoms with Crippen LogP contribution in [-0.4, -0.2) is 30.3 Å². The van der Waals surface area contributed by atoms with Crippen molar-refractivity contribution in [2.45, 2.75) is 19.4 Å². The molecule has 0 heterocycles. The molecule has 130 valence electrons. The van der Waals surface area contributed by atoms with Gasteiger partial charge in [0.05, 0.1) is 11.6 Å². The van der Waals surface area contributed by atoms with Crippen molar-refractivity contribution in [1.82, 2.24) is 5.32 Å². The minimum atomic E-state index is -0.663. The molecule has 2 rings (SSSR count). The van der Waals surface area contributed by atoms with Gasteiger partial charge in [-0.05, 0) is 43.2 Å². The minimum Gasteiger partial charge on any atom is -0.452 e. The molecule has 0 aliphatic carbocycles. The van der Waals surface area contributed by atoms with Gasteiger partial charge in [-0.1, -0.05) is 41.9 Å². The van der Waals surface area contributed by atoms with Crippen LogP contribution in [0.5, 0.6) is 0 Å². The second-order valence-corrected chi connectivity index (χ2v) is 5.94. The van der Waals surface area contributed by atoms with E-state index < -0.39 is 24.5 Å². The number of halogens is 1. The Morgan fingerprint density at radius 1 is 1.04 bits per heavy atom. The third-order valence-corrected chi connectivity index (χ3v) is 3.77.